The SMILES string of the molecule is O=c1c2ccccc2cnn1Cc1c(F)ccc(Br)c1F. The summed E-state index contributed by atoms with van der Waals surface area (Å²) in [4.78, 5) is 12.3. The smallest absolute Gasteiger partial charge is 0.267 e. The number of rotatable bonds is 2. The van der Waals surface area contributed by atoms with Crippen LogP contribution in [0.4, 0.5) is 8.78 Å². The highest BCUT2D eigenvalue weighted by atomic mass is 79.9. The number of fused-ring (bicyclic) bond motifs is 1. The van der Waals surface area contributed by atoms with Crippen molar-refractivity contribution in [3.05, 3.63) is 74.6 Å². The molecule has 0 saturated carbocycles. The van der Waals surface area contributed by atoms with E-state index in [-0.39, 0.29) is 22.1 Å². The molecule has 0 saturated heterocycles. The van der Waals surface area contributed by atoms with E-state index >= 15 is 0 Å². The first-order chi connectivity index (χ1) is 10.1. The molecule has 2 aromatic carbocycles. The Morgan fingerprint density at radius 1 is 1.14 bits per heavy atom. The summed E-state index contributed by atoms with van der Waals surface area (Å²) in [6.07, 6.45) is 1.50. The van der Waals surface area contributed by atoms with E-state index < -0.39 is 11.6 Å². The molecule has 0 atom stereocenters. The lowest BCUT2D eigenvalue weighted by Gasteiger charge is -2.09. The average molecular weight is 351 g/mol. The van der Waals surface area contributed by atoms with Gasteiger partial charge < -0.3 is 0 Å². The monoisotopic (exact) mass is 350 g/mol. The van der Waals surface area contributed by atoms with Gasteiger partial charge in [-0.2, -0.15) is 5.10 Å². The van der Waals surface area contributed by atoms with Crippen molar-refractivity contribution < 1.29 is 8.78 Å². The van der Waals surface area contributed by atoms with Crippen LogP contribution >= 0.6 is 15.9 Å². The van der Waals surface area contributed by atoms with Crippen LogP contribution in [0.1, 0.15) is 5.56 Å². The number of nitrogens with zero attached hydrogens (tertiary/aromatic N) is 2. The minimum absolute atomic E-state index is 0.146. The lowest BCUT2D eigenvalue weighted by molar-refractivity contribution is 0.522. The van der Waals surface area contributed by atoms with Gasteiger partial charge in [-0.05, 0) is 34.1 Å². The van der Waals surface area contributed by atoms with E-state index in [1.807, 2.05) is 0 Å². The molecule has 1 heterocycles. The quantitative estimate of drug-likeness (QED) is 0.663. The summed E-state index contributed by atoms with van der Waals surface area (Å²) < 4.78 is 28.9. The molecule has 21 heavy (non-hydrogen) atoms. The molecule has 0 fully saturated rings. The normalized spacial score (nSPS) is 11.0. The number of hydrogen-bond donors (Lipinski definition) is 0. The summed E-state index contributed by atoms with van der Waals surface area (Å²) in [5.41, 5.74) is -0.582. The molecule has 3 aromatic rings. The van der Waals surface area contributed by atoms with Crippen molar-refractivity contribution in [2.24, 2.45) is 0 Å². The molecule has 0 aliphatic heterocycles. The summed E-state index contributed by atoms with van der Waals surface area (Å²) in [6.45, 7) is -0.263. The molecule has 3 rings (SSSR count). The largest absolute Gasteiger partial charge is 0.274 e. The van der Waals surface area contributed by atoms with Gasteiger partial charge in [0.05, 0.1) is 22.6 Å². The first-order valence-electron chi connectivity index (χ1n) is 6.15. The Kier molecular flexibility index (Phi) is 3.55. The van der Waals surface area contributed by atoms with E-state index in [0.29, 0.717) is 10.8 Å². The minimum atomic E-state index is -0.725. The zero-order valence-corrected chi connectivity index (χ0v) is 12.3. The van der Waals surface area contributed by atoms with Crippen molar-refractivity contribution in [2.45, 2.75) is 6.54 Å². The Labute approximate surface area is 127 Å². The second-order valence-electron chi connectivity index (χ2n) is 4.52. The van der Waals surface area contributed by atoms with Crippen molar-refractivity contribution in [1.82, 2.24) is 9.78 Å². The fourth-order valence-corrected chi connectivity index (χ4v) is 2.48. The van der Waals surface area contributed by atoms with E-state index in [0.717, 1.165) is 10.7 Å². The summed E-state index contributed by atoms with van der Waals surface area (Å²) >= 11 is 3.00. The van der Waals surface area contributed by atoms with Crippen LogP contribution in [0.5, 0.6) is 0 Å². The second-order valence-corrected chi connectivity index (χ2v) is 5.37. The van der Waals surface area contributed by atoms with Crippen LogP contribution in [0.15, 0.2) is 51.9 Å². The summed E-state index contributed by atoms with van der Waals surface area (Å²) in [5, 5.41) is 5.12. The summed E-state index contributed by atoms with van der Waals surface area (Å²) in [6, 6.07) is 9.37. The third-order valence-corrected chi connectivity index (χ3v) is 3.82. The average Bonchev–Trinajstić information content (AvgIpc) is 2.50. The minimum Gasteiger partial charge on any atom is -0.267 e. The molecule has 0 amide bonds. The van der Waals surface area contributed by atoms with Crippen LogP contribution in [0.3, 0.4) is 0 Å². The fourth-order valence-electron chi connectivity index (χ4n) is 2.10. The summed E-state index contributed by atoms with van der Waals surface area (Å²) in [7, 11) is 0. The molecule has 0 N–H and O–H groups in total. The summed E-state index contributed by atoms with van der Waals surface area (Å²) in [5.74, 6) is -1.44. The van der Waals surface area contributed by atoms with E-state index in [1.165, 1.54) is 12.3 Å². The van der Waals surface area contributed by atoms with Crippen LogP contribution in [-0.2, 0) is 6.54 Å². The highest BCUT2D eigenvalue weighted by Gasteiger charge is 2.14. The first-order valence-corrected chi connectivity index (χ1v) is 6.94. The van der Waals surface area contributed by atoms with Crippen molar-refractivity contribution in [2.75, 3.05) is 0 Å². The molecule has 6 heteroatoms. The molecular weight excluding hydrogens is 342 g/mol. The third kappa shape index (κ3) is 2.47. The zero-order valence-electron chi connectivity index (χ0n) is 10.7. The molecule has 0 unspecified atom stereocenters. The van der Waals surface area contributed by atoms with Crippen LogP contribution in [-0.4, -0.2) is 9.78 Å². The van der Waals surface area contributed by atoms with Crippen molar-refractivity contribution in [1.29, 1.82) is 0 Å². The van der Waals surface area contributed by atoms with Gasteiger partial charge in [0, 0.05) is 10.9 Å². The maximum Gasteiger partial charge on any atom is 0.274 e. The molecule has 3 nitrogen and oxygen atoms in total. The predicted octanol–water partition coefficient (Wildman–Crippen LogP) is 3.49. The predicted molar refractivity (Wildman–Crippen MR) is 79.2 cm³/mol. The van der Waals surface area contributed by atoms with Gasteiger partial charge in [0.15, 0.2) is 0 Å². The topological polar surface area (TPSA) is 34.9 Å². The molecule has 0 spiro atoms. The molecule has 0 aliphatic rings. The Morgan fingerprint density at radius 2 is 1.90 bits per heavy atom. The van der Waals surface area contributed by atoms with Gasteiger partial charge in [0.1, 0.15) is 11.6 Å². The van der Waals surface area contributed by atoms with E-state index in [4.69, 9.17) is 0 Å². The Morgan fingerprint density at radius 3 is 2.71 bits per heavy atom. The van der Waals surface area contributed by atoms with Crippen LogP contribution in [0.2, 0.25) is 0 Å². The highest BCUT2D eigenvalue weighted by molar-refractivity contribution is 9.10. The molecule has 0 radical (unpaired) electrons. The highest BCUT2D eigenvalue weighted by Crippen LogP contribution is 2.22. The van der Waals surface area contributed by atoms with E-state index in [2.05, 4.69) is 21.0 Å². The van der Waals surface area contributed by atoms with Gasteiger partial charge in [0.25, 0.3) is 5.56 Å². The maximum absolute atomic E-state index is 14.0. The zero-order chi connectivity index (χ0) is 15.0. The molecular formula is C15H9BrF2N2O. The lowest BCUT2D eigenvalue weighted by Crippen LogP contribution is -2.24. The maximum atomic E-state index is 14.0. The molecule has 106 valence electrons. The third-order valence-electron chi connectivity index (χ3n) is 3.21. The molecule has 1 aromatic heterocycles. The van der Waals surface area contributed by atoms with Gasteiger partial charge in [-0.15, -0.1) is 0 Å². The number of aromatic nitrogens is 2. The Bertz CT molecular complexity index is 892. The van der Waals surface area contributed by atoms with Crippen molar-refractivity contribution in [3.8, 4) is 0 Å². The number of benzene rings is 2. The van der Waals surface area contributed by atoms with Crippen molar-refractivity contribution >= 4 is 26.7 Å². The molecule has 0 bridgehead atoms. The van der Waals surface area contributed by atoms with Gasteiger partial charge in [-0.1, -0.05) is 18.2 Å². The molecule has 0 aliphatic carbocycles. The van der Waals surface area contributed by atoms with E-state index in [1.54, 1.807) is 24.3 Å². The second kappa shape index (κ2) is 5.37. The standard InChI is InChI=1S/C15H9BrF2N2O/c16-12-5-6-13(17)11(14(12)18)8-20-15(21)10-4-2-1-3-9(10)7-19-20/h1-7H,8H2. The van der Waals surface area contributed by atoms with Crippen LogP contribution in [0, 0.1) is 11.6 Å². The number of halogens is 3. The van der Waals surface area contributed by atoms with Crippen molar-refractivity contribution in [3.63, 3.8) is 0 Å². The van der Waals surface area contributed by atoms with Gasteiger partial charge in [-0.3, -0.25) is 4.79 Å². The van der Waals surface area contributed by atoms with Gasteiger partial charge in [-0.25, -0.2) is 13.5 Å². The van der Waals surface area contributed by atoms with E-state index in [9.17, 15) is 13.6 Å². The van der Waals surface area contributed by atoms with Gasteiger partial charge >= 0.3 is 0 Å². The van der Waals surface area contributed by atoms with Crippen LogP contribution < -0.4 is 5.56 Å². The number of hydrogen-bond acceptors (Lipinski definition) is 2. The van der Waals surface area contributed by atoms with Crippen LogP contribution in [0.25, 0.3) is 10.8 Å². The Hall–Kier alpha value is -2.08. The Balaban J connectivity index is 2.13. The van der Waals surface area contributed by atoms with Gasteiger partial charge in [0.2, 0.25) is 0 Å². The first kappa shape index (κ1) is 13.9. The lowest BCUT2D eigenvalue weighted by atomic mass is 10.2. The fraction of sp³-hybridized carbons (Fsp3) is 0.0667.